The molecule has 1 aliphatic heterocycles. The molecule has 0 spiro atoms. The van der Waals surface area contributed by atoms with Crippen molar-refractivity contribution in [3.8, 4) is 0 Å². The fourth-order valence-electron chi connectivity index (χ4n) is 3.09. The number of likely N-dealkylation sites (N-methyl/N-ethyl adjacent to an activating group) is 1. The molecular formula is C20H24ClN3O3S. The van der Waals surface area contributed by atoms with Crippen molar-refractivity contribution < 1.29 is 13.2 Å². The van der Waals surface area contributed by atoms with Crippen LogP contribution in [0.1, 0.15) is 28.9 Å². The van der Waals surface area contributed by atoms with Crippen LogP contribution < -0.4 is 5.32 Å². The lowest BCUT2D eigenvalue weighted by atomic mass is 10.1. The second-order valence-electron chi connectivity index (χ2n) is 6.98. The van der Waals surface area contributed by atoms with Crippen LogP contribution in [0.15, 0.2) is 53.4 Å². The van der Waals surface area contributed by atoms with E-state index in [0.29, 0.717) is 36.8 Å². The molecule has 0 aromatic heterocycles. The van der Waals surface area contributed by atoms with Crippen molar-refractivity contribution in [1.29, 1.82) is 0 Å². The molecule has 2 aromatic rings. The number of rotatable bonds is 5. The van der Waals surface area contributed by atoms with Gasteiger partial charge in [0.1, 0.15) is 0 Å². The number of nitrogens with one attached hydrogen (secondary N) is 1. The van der Waals surface area contributed by atoms with Crippen LogP contribution in [0.25, 0.3) is 0 Å². The van der Waals surface area contributed by atoms with E-state index in [2.05, 4.69) is 10.2 Å². The van der Waals surface area contributed by atoms with Gasteiger partial charge in [-0.15, -0.1) is 0 Å². The molecule has 1 fully saturated rings. The van der Waals surface area contributed by atoms with Crippen LogP contribution >= 0.6 is 11.6 Å². The largest absolute Gasteiger partial charge is 0.346 e. The summed E-state index contributed by atoms with van der Waals surface area (Å²) in [6, 6.07) is 13.2. The Morgan fingerprint density at radius 2 is 1.71 bits per heavy atom. The Balaban J connectivity index is 1.75. The van der Waals surface area contributed by atoms with Crippen molar-refractivity contribution in [1.82, 2.24) is 14.5 Å². The van der Waals surface area contributed by atoms with Crippen LogP contribution in [0.3, 0.4) is 0 Å². The number of halogens is 1. The molecule has 0 aliphatic carbocycles. The topological polar surface area (TPSA) is 69.7 Å². The zero-order valence-corrected chi connectivity index (χ0v) is 17.5. The molecule has 2 aromatic carbocycles. The van der Waals surface area contributed by atoms with Crippen LogP contribution in [0.5, 0.6) is 0 Å². The Hall–Kier alpha value is -1.93. The van der Waals surface area contributed by atoms with Crippen molar-refractivity contribution in [2.45, 2.75) is 17.9 Å². The third-order valence-corrected chi connectivity index (χ3v) is 7.06. The number of carbonyl (C=O) groups is 1. The first-order valence-electron chi connectivity index (χ1n) is 9.12. The maximum absolute atomic E-state index is 12.9. The van der Waals surface area contributed by atoms with Gasteiger partial charge in [-0.05, 0) is 49.9 Å². The van der Waals surface area contributed by atoms with Gasteiger partial charge in [-0.25, -0.2) is 8.42 Å². The number of hydrogen-bond donors (Lipinski definition) is 1. The molecule has 6 nitrogen and oxygen atoms in total. The van der Waals surface area contributed by atoms with Crippen molar-refractivity contribution >= 4 is 27.5 Å². The zero-order chi connectivity index (χ0) is 20.3. The molecule has 1 saturated heterocycles. The number of benzene rings is 2. The highest BCUT2D eigenvalue weighted by Gasteiger charge is 2.28. The minimum Gasteiger partial charge on any atom is -0.346 e. The van der Waals surface area contributed by atoms with Gasteiger partial charge in [0, 0.05) is 36.8 Å². The second-order valence-corrected chi connectivity index (χ2v) is 9.36. The average Bonchev–Trinajstić information content (AvgIpc) is 2.69. The molecule has 1 amide bonds. The van der Waals surface area contributed by atoms with Gasteiger partial charge in [0.25, 0.3) is 5.91 Å². The van der Waals surface area contributed by atoms with E-state index >= 15 is 0 Å². The summed E-state index contributed by atoms with van der Waals surface area (Å²) < 4.78 is 27.3. The van der Waals surface area contributed by atoms with E-state index in [1.54, 1.807) is 24.3 Å². The molecule has 1 heterocycles. The van der Waals surface area contributed by atoms with Crippen molar-refractivity contribution in [3.63, 3.8) is 0 Å². The summed E-state index contributed by atoms with van der Waals surface area (Å²) in [6.45, 7) is 4.15. The quantitative estimate of drug-likeness (QED) is 0.805. The Bertz CT molecular complexity index is 939. The normalized spacial score (nSPS) is 17.2. The van der Waals surface area contributed by atoms with Crippen LogP contribution in [0.2, 0.25) is 5.02 Å². The van der Waals surface area contributed by atoms with Crippen molar-refractivity contribution in [2.24, 2.45) is 0 Å². The summed E-state index contributed by atoms with van der Waals surface area (Å²) in [6.07, 6.45) is 0. The maximum Gasteiger partial charge on any atom is 0.251 e. The lowest BCUT2D eigenvalue weighted by molar-refractivity contribution is 0.0939. The molecule has 1 unspecified atom stereocenters. The van der Waals surface area contributed by atoms with Gasteiger partial charge < -0.3 is 10.2 Å². The van der Waals surface area contributed by atoms with E-state index in [1.165, 1.54) is 16.4 Å². The molecule has 0 saturated carbocycles. The number of carbonyl (C=O) groups excluding carboxylic acids is 1. The number of sulfonamides is 1. The van der Waals surface area contributed by atoms with Gasteiger partial charge in [0.2, 0.25) is 10.0 Å². The third kappa shape index (κ3) is 4.72. The molecule has 0 bridgehead atoms. The molecule has 1 aliphatic rings. The SMILES string of the molecule is CC(NC(=O)c1cccc(S(=O)(=O)N2CCN(C)CC2)c1)c1ccc(Cl)cc1. The Labute approximate surface area is 171 Å². The van der Waals surface area contributed by atoms with Crippen LogP contribution in [0, 0.1) is 0 Å². The molecule has 3 rings (SSSR count). The van der Waals surface area contributed by atoms with Crippen molar-refractivity contribution in [3.05, 3.63) is 64.7 Å². The summed E-state index contributed by atoms with van der Waals surface area (Å²) in [5.74, 6) is -0.321. The number of hydrogen-bond acceptors (Lipinski definition) is 4. The van der Waals surface area contributed by atoms with E-state index in [9.17, 15) is 13.2 Å². The fourth-order valence-corrected chi connectivity index (χ4v) is 4.68. The number of piperazine rings is 1. The lowest BCUT2D eigenvalue weighted by Gasteiger charge is -2.31. The number of amides is 1. The molecule has 1 N–H and O–H groups in total. The van der Waals surface area contributed by atoms with Crippen LogP contribution in [0.4, 0.5) is 0 Å². The first-order valence-corrected chi connectivity index (χ1v) is 10.9. The molecule has 0 radical (unpaired) electrons. The predicted octanol–water partition coefficient (Wildman–Crippen LogP) is 2.77. The molecular weight excluding hydrogens is 398 g/mol. The van der Waals surface area contributed by atoms with Gasteiger partial charge in [-0.3, -0.25) is 4.79 Å². The highest BCUT2D eigenvalue weighted by atomic mass is 35.5. The molecule has 150 valence electrons. The average molecular weight is 422 g/mol. The van der Waals surface area contributed by atoms with E-state index < -0.39 is 10.0 Å². The zero-order valence-electron chi connectivity index (χ0n) is 15.9. The summed E-state index contributed by atoms with van der Waals surface area (Å²) in [7, 11) is -1.65. The lowest BCUT2D eigenvalue weighted by Crippen LogP contribution is -2.47. The van der Waals surface area contributed by atoms with Crippen molar-refractivity contribution in [2.75, 3.05) is 33.2 Å². The third-order valence-electron chi connectivity index (χ3n) is 4.91. The smallest absolute Gasteiger partial charge is 0.251 e. The number of nitrogens with zero attached hydrogens (tertiary/aromatic N) is 2. The highest BCUT2D eigenvalue weighted by Crippen LogP contribution is 2.20. The Morgan fingerprint density at radius 1 is 1.07 bits per heavy atom. The maximum atomic E-state index is 12.9. The Kier molecular flexibility index (Phi) is 6.40. The second kappa shape index (κ2) is 8.61. The predicted molar refractivity (Wildman–Crippen MR) is 110 cm³/mol. The van der Waals surface area contributed by atoms with E-state index in [1.807, 2.05) is 26.1 Å². The van der Waals surface area contributed by atoms with Crippen LogP contribution in [-0.2, 0) is 10.0 Å². The Morgan fingerprint density at radius 3 is 2.36 bits per heavy atom. The minimum atomic E-state index is -3.61. The van der Waals surface area contributed by atoms with Gasteiger partial charge in [0.15, 0.2) is 0 Å². The van der Waals surface area contributed by atoms with Gasteiger partial charge in [-0.2, -0.15) is 4.31 Å². The van der Waals surface area contributed by atoms with E-state index in [-0.39, 0.29) is 16.8 Å². The van der Waals surface area contributed by atoms with Gasteiger partial charge >= 0.3 is 0 Å². The monoisotopic (exact) mass is 421 g/mol. The van der Waals surface area contributed by atoms with Gasteiger partial charge in [0.05, 0.1) is 10.9 Å². The summed E-state index contributed by atoms with van der Waals surface area (Å²) in [4.78, 5) is 14.9. The summed E-state index contributed by atoms with van der Waals surface area (Å²) in [5.41, 5.74) is 1.23. The summed E-state index contributed by atoms with van der Waals surface area (Å²) >= 11 is 5.90. The first kappa shape index (κ1) is 20.8. The minimum absolute atomic E-state index is 0.142. The van der Waals surface area contributed by atoms with E-state index in [4.69, 9.17) is 11.6 Å². The van der Waals surface area contributed by atoms with Crippen LogP contribution in [-0.4, -0.2) is 56.8 Å². The molecule has 28 heavy (non-hydrogen) atoms. The molecule has 1 atom stereocenters. The summed E-state index contributed by atoms with van der Waals surface area (Å²) in [5, 5.41) is 3.53. The van der Waals surface area contributed by atoms with E-state index in [0.717, 1.165) is 5.56 Å². The van der Waals surface area contributed by atoms with Gasteiger partial charge in [-0.1, -0.05) is 29.8 Å². The standard InChI is InChI=1S/C20H24ClN3O3S/c1-15(16-6-8-18(21)9-7-16)22-20(25)17-4-3-5-19(14-17)28(26,27)24-12-10-23(2)11-13-24/h3-9,14-15H,10-13H2,1-2H3,(H,22,25). The fraction of sp³-hybridized carbons (Fsp3) is 0.350. The first-order chi connectivity index (χ1) is 13.3. The molecule has 8 heteroatoms. The highest BCUT2D eigenvalue weighted by molar-refractivity contribution is 7.89.